The van der Waals surface area contributed by atoms with Gasteiger partial charge in [0.1, 0.15) is 17.5 Å². The molecule has 0 aliphatic heterocycles. The van der Waals surface area contributed by atoms with Crippen molar-refractivity contribution in [3.63, 3.8) is 0 Å². The van der Waals surface area contributed by atoms with Gasteiger partial charge in [-0.2, -0.15) is 0 Å². The highest BCUT2D eigenvalue weighted by molar-refractivity contribution is 5.90. The van der Waals surface area contributed by atoms with Crippen LogP contribution in [-0.4, -0.2) is 30.4 Å². The van der Waals surface area contributed by atoms with E-state index in [4.69, 9.17) is 18.7 Å². The Morgan fingerprint density at radius 1 is 0.921 bits per heavy atom. The van der Waals surface area contributed by atoms with Crippen molar-refractivity contribution in [3.8, 4) is 11.3 Å². The lowest BCUT2D eigenvalue weighted by Crippen LogP contribution is -2.27. The number of methoxy groups -OCH3 is 1. The summed E-state index contributed by atoms with van der Waals surface area (Å²) in [5.74, 6) is -0.0115. The monoisotopic (exact) mass is 514 g/mol. The molecule has 0 bridgehead atoms. The fourth-order valence-electron chi connectivity index (χ4n) is 3.92. The topological polar surface area (TPSA) is 99.9 Å². The number of carbonyl (C=O) groups excluding carboxylic acids is 2. The predicted octanol–water partition coefficient (Wildman–Crippen LogP) is 6.26. The first-order chi connectivity index (χ1) is 18.4. The van der Waals surface area contributed by atoms with Gasteiger partial charge in [0, 0.05) is 12.0 Å². The Hall–Kier alpha value is -4.43. The molecule has 0 fully saturated rings. The second-order valence-electron chi connectivity index (χ2n) is 8.76. The maximum atomic E-state index is 12.6. The minimum atomic E-state index is -0.723. The van der Waals surface area contributed by atoms with Gasteiger partial charge in [-0.3, -0.25) is 5.32 Å². The van der Waals surface area contributed by atoms with Crippen molar-refractivity contribution in [2.24, 2.45) is 0 Å². The summed E-state index contributed by atoms with van der Waals surface area (Å²) in [4.78, 5) is 24.8. The predicted molar refractivity (Wildman–Crippen MR) is 142 cm³/mol. The van der Waals surface area contributed by atoms with Crippen LogP contribution in [0.1, 0.15) is 35.4 Å². The number of hydrogen-bond acceptors (Lipinski definition) is 7. The van der Waals surface area contributed by atoms with Crippen molar-refractivity contribution in [3.05, 3.63) is 107 Å². The summed E-state index contributed by atoms with van der Waals surface area (Å²) in [6.07, 6.45) is -1.34. The Kier molecular flexibility index (Phi) is 8.89. The van der Waals surface area contributed by atoms with Gasteiger partial charge < -0.3 is 18.7 Å². The number of carbonyl (C=O) groups is 2. The smallest absolute Gasteiger partial charge is 0.412 e. The first-order valence-electron chi connectivity index (χ1n) is 12.3. The molecule has 0 aliphatic carbocycles. The molecular formula is C30H30N2O6. The lowest BCUT2D eigenvalue weighted by molar-refractivity contribution is -0.154. The Morgan fingerprint density at radius 3 is 2.24 bits per heavy atom. The van der Waals surface area contributed by atoms with E-state index in [2.05, 4.69) is 10.5 Å². The zero-order valence-corrected chi connectivity index (χ0v) is 21.5. The van der Waals surface area contributed by atoms with E-state index in [0.717, 1.165) is 22.3 Å². The summed E-state index contributed by atoms with van der Waals surface area (Å²) < 4.78 is 21.9. The van der Waals surface area contributed by atoms with Crippen molar-refractivity contribution >= 4 is 17.7 Å². The molecule has 1 amide bonds. The first kappa shape index (κ1) is 26.6. The van der Waals surface area contributed by atoms with Gasteiger partial charge in [-0.1, -0.05) is 90.1 Å². The summed E-state index contributed by atoms with van der Waals surface area (Å²) in [6, 6.07) is 26.5. The van der Waals surface area contributed by atoms with E-state index in [9.17, 15) is 9.59 Å². The minimum Gasteiger partial charge on any atom is -0.467 e. The molecule has 2 atom stereocenters. The van der Waals surface area contributed by atoms with Crippen molar-refractivity contribution in [2.75, 3.05) is 12.4 Å². The molecule has 1 N–H and O–H groups in total. The van der Waals surface area contributed by atoms with E-state index in [1.807, 2.05) is 91.9 Å². The number of aryl methyl sites for hydroxylation is 1. The van der Waals surface area contributed by atoms with Crippen molar-refractivity contribution in [1.29, 1.82) is 0 Å². The van der Waals surface area contributed by atoms with Crippen LogP contribution in [0.15, 0.2) is 89.5 Å². The zero-order valence-electron chi connectivity index (χ0n) is 21.5. The lowest BCUT2D eigenvalue weighted by atomic mass is 10.1. The van der Waals surface area contributed by atoms with Crippen LogP contribution in [0.25, 0.3) is 11.3 Å². The first-order valence-corrected chi connectivity index (χ1v) is 12.3. The van der Waals surface area contributed by atoms with E-state index >= 15 is 0 Å². The molecule has 1 heterocycles. The summed E-state index contributed by atoms with van der Waals surface area (Å²) in [5.41, 5.74) is 4.41. The van der Waals surface area contributed by atoms with Crippen molar-refractivity contribution in [2.45, 2.75) is 39.1 Å². The highest BCUT2D eigenvalue weighted by Crippen LogP contribution is 2.32. The lowest BCUT2D eigenvalue weighted by Gasteiger charge is -2.16. The molecule has 8 heteroatoms. The molecule has 38 heavy (non-hydrogen) atoms. The van der Waals surface area contributed by atoms with Crippen LogP contribution in [0.2, 0.25) is 0 Å². The van der Waals surface area contributed by atoms with E-state index in [1.165, 1.54) is 7.11 Å². The van der Waals surface area contributed by atoms with E-state index in [0.29, 0.717) is 23.6 Å². The fourth-order valence-corrected chi connectivity index (χ4v) is 3.92. The van der Waals surface area contributed by atoms with Crippen LogP contribution in [0.5, 0.6) is 0 Å². The number of anilines is 1. The van der Waals surface area contributed by atoms with E-state index < -0.39 is 24.3 Å². The van der Waals surface area contributed by atoms with Crippen LogP contribution in [0, 0.1) is 6.92 Å². The fraction of sp³-hybridized carbons (Fsp3) is 0.233. The number of esters is 1. The molecule has 0 spiro atoms. The molecule has 0 aliphatic rings. The Labute approximate surface area is 221 Å². The molecule has 0 unspecified atom stereocenters. The largest absolute Gasteiger partial charge is 0.467 e. The number of aromatic nitrogens is 1. The second-order valence-corrected chi connectivity index (χ2v) is 8.76. The van der Waals surface area contributed by atoms with Gasteiger partial charge in [0.15, 0.2) is 11.9 Å². The van der Waals surface area contributed by atoms with Crippen molar-refractivity contribution in [1.82, 2.24) is 5.16 Å². The average Bonchev–Trinajstić information content (AvgIpc) is 3.31. The molecule has 4 rings (SSSR count). The van der Waals surface area contributed by atoms with Gasteiger partial charge in [-0.25, -0.2) is 9.59 Å². The zero-order chi connectivity index (χ0) is 26.9. The molecule has 0 saturated carbocycles. The number of rotatable bonds is 10. The highest BCUT2D eigenvalue weighted by Gasteiger charge is 2.22. The van der Waals surface area contributed by atoms with Crippen LogP contribution in [0.4, 0.5) is 10.5 Å². The second kappa shape index (κ2) is 12.7. The molecule has 8 nitrogen and oxygen atoms in total. The van der Waals surface area contributed by atoms with Gasteiger partial charge in [-0.15, -0.1) is 0 Å². The molecule has 4 aromatic rings. The molecular weight excluding hydrogens is 484 g/mol. The third-order valence-corrected chi connectivity index (χ3v) is 6.04. The van der Waals surface area contributed by atoms with Crippen LogP contribution in [-0.2, 0) is 32.0 Å². The standard InChI is InChI=1S/C30H30N2O6/c1-20-27(31-30(34)37-21(2)24-12-8-5-9-13-24)28(38-32-20)25-16-14-23(15-17-25)19-36-26(29(33)35-3)18-22-10-6-4-7-11-22/h4-17,21,26H,18-19H2,1-3H3,(H,31,34)/t21-,26-/m1/s1. The summed E-state index contributed by atoms with van der Waals surface area (Å²) >= 11 is 0. The Bertz CT molecular complexity index is 1340. The average molecular weight is 515 g/mol. The molecule has 0 saturated heterocycles. The number of ether oxygens (including phenoxy) is 3. The van der Waals surface area contributed by atoms with Gasteiger partial charge in [-0.05, 0) is 30.5 Å². The molecule has 0 radical (unpaired) electrons. The van der Waals surface area contributed by atoms with Gasteiger partial charge in [0.05, 0.1) is 13.7 Å². The molecule has 1 aromatic heterocycles. The SMILES string of the molecule is COC(=O)[C@@H](Cc1ccccc1)OCc1ccc(-c2onc(C)c2NC(=O)O[C@H](C)c2ccccc2)cc1. The maximum Gasteiger partial charge on any atom is 0.412 e. The minimum absolute atomic E-state index is 0.219. The van der Waals surface area contributed by atoms with E-state index in [1.54, 1.807) is 6.92 Å². The molecule has 3 aromatic carbocycles. The van der Waals surface area contributed by atoms with Gasteiger partial charge in [0.25, 0.3) is 0 Å². The van der Waals surface area contributed by atoms with Crippen LogP contribution < -0.4 is 5.32 Å². The summed E-state index contributed by atoms with van der Waals surface area (Å²) in [6.45, 7) is 3.77. The summed E-state index contributed by atoms with van der Waals surface area (Å²) in [5, 5.41) is 6.77. The Balaban J connectivity index is 1.40. The van der Waals surface area contributed by atoms with Gasteiger partial charge >= 0.3 is 12.1 Å². The normalized spacial score (nSPS) is 12.4. The number of amides is 1. The number of hydrogen-bond donors (Lipinski definition) is 1. The molecule has 196 valence electrons. The Morgan fingerprint density at radius 2 is 1.58 bits per heavy atom. The number of nitrogens with zero attached hydrogens (tertiary/aromatic N) is 1. The quantitative estimate of drug-likeness (QED) is 0.249. The number of benzene rings is 3. The van der Waals surface area contributed by atoms with Crippen LogP contribution in [0.3, 0.4) is 0 Å². The van der Waals surface area contributed by atoms with E-state index in [-0.39, 0.29) is 6.61 Å². The third-order valence-electron chi connectivity index (χ3n) is 6.04. The number of nitrogens with one attached hydrogen (secondary N) is 1. The highest BCUT2D eigenvalue weighted by atomic mass is 16.6. The maximum absolute atomic E-state index is 12.6. The summed E-state index contributed by atoms with van der Waals surface area (Å²) in [7, 11) is 1.35. The van der Waals surface area contributed by atoms with Crippen molar-refractivity contribution < 1.29 is 28.3 Å². The third kappa shape index (κ3) is 6.86. The van der Waals surface area contributed by atoms with Gasteiger partial charge in [0.2, 0.25) is 0 Å². The van der Waals surface area contributed by atoms with Crippen LogP contribution >= 0.6 is 0 Å².